The molecular weight excluding hydrogens is 265 g/mol. The standard InChI is InChI=1S/C16H17F3O/c1-2-3-4-11-5-6-16(20-10-11)12-7-14(18)13(9-17)15(19)8-12/h3-4,6-8,11H,2,5,9-10H2,1H3/b4-3+. The summed E-state index contributed by atoms with van der Waals surface area (Å²) < 4.78 is 45.1. The molecule has 2 rings (SSSR count). The molecule has 0 saturated heterocycles. The van der Waals surface area contributed by atoms with Gasteiger partial charge in [-0.3, -0.25) is 0 Å². The zero-order chi connectivity index (χ0) is 14.5. The highest BCUT2D eigenvalue weighted by molar-refractivity contribution is 5.61. The van der Waals surface area contributed by atoms with Gasteiger partial charge in [0.05, 0.1) is 12.2 Å². The van der Waals surface area contributed by atoms with E-state index in [1.54, 1.807) is 0 Å². The van der Waals surface area contributed by atoms with Gasteiger partial charge in [-0.1, -0.05) is 19.1 Å². The molecule has 1 unspecified atom stereocenters. The lowest BCUT2D eigenvalue weighted by Gasteiger charge is -2.21. The molecule has 0 aromatic heterocycles. The van der Waals surface area contributed by atoms with Gasteiger partial charge in [-0.15, -0.1) is 0 Å². The van der Waals surface area contributed by atoms with Crippen molar-refractivity contribution in [3.8, 4) is 0 Å². The molecule has 1 nitrogen and oxygen atoms in total. The van der Waals surface area contributed by atoms with Crippen LogP contribution in [0.3, 0.4) is 0 Å². The van der Waals surface area contributed by atoms with Crippen molar-refractivity contribution in [2.45, 2.75) is 26.4 Å². The van der Waals surface area contributed by atoms with Gasteiger partial charge in [-0.2, -0.15) is 0 Å². The summed E-state index contributed by atoms with van der Waals surface area (Å²) in [4.78, 5) is 0. The van der Waals surface area contributed by atoms with E-state index in [1.807, 2.05) is 6.08 Å². The van der Waals surface area contributed by atoms with E-state index < -0.39 is 23.9 Å². The van der Waals surface area contributed by atoms with Crippen LogP contribution in [0.15, 0.2) is 30.4 Å². The molecule has 1 aliphatic heterocycles. The van der Waals surface area contributed by atoms with Crippen LogP contribution in [-0.4, -0.2) is 6.61 Å². The van der Waals surface area contributed by atoms with Gasteiger partial charge >= 0.3 is 0 Å². The average Bonchev–Trinajstić information content (AvgIpc) is 2.45. The molecule has 1 atom stereocenters. The molecule has 20 heavy (non-hydrogen) atoms. The van der Waals surface area contributed by atoms with E-state index in [9.17, 15) is 13.2 Å². The molecule has 0 bridgehead atoms. The minimum Gasteiger partial charge on any atom is -0.493 e. The summed E-state index contributed by atoms with van der Waals surface area (Å²) in [6.07, 6.45) is 7.70. The summed E-state index contributed by atoms with van der Waals surface area (Å²) in [5.74, 6) is -1.01. The van der Waals surface area contributed by atoms with Crippen molar-refractivity contribution in [2.75, 3.05) is 6.61 Å². The predicted molar refractivity (Wildman–Crippen MR) is 72.6 cm³/mol. The van der Waals surface area contributed by atoms with Crippen LogP contribution in [0, 0.1) is 17.6 Å². The van der Waals surface area contributed by atoms with Crippen molar-refractivity contribution >= 4 is 5.76 Å². The summed E-state index contributed by atoms with van der Waals surface area (Å²) in [5, 5.41) is 0. The first-order valence-corrected chi connectivity index (χ1v) is 6.69. The third-order valence-electron chi connectivity index (χ3n) is 3.26. The maximum atomic E-state index is 13.5. The second kappa shape index (κ2) is 6.64. The molecule has 0 fully saturated rings. The number of rotatable bonds is 4. The van der Waals surface area contributed by atoms with Gasteiger partial charge in [0.1, 0.15) is 24.1 Å². The monoisotopic (exact) mass is 282 g/mol. The van der Waals surface area contributed by atoms with Gasteiger partial charge in [-0.25, -0.2) is 13.2 Å². The largest absolute Gasteiger partial charge is 0.493 e. The van der Waals surface area contributed by atoms with Crippen molar-refractivity contribution in [1.29, 1.82) is 0 Å². The highest BCUT2D eigenvalue weighted by Crippen LogP contribution is 2.28. The normalized spacial score (nSPS) is 19.0. The SMILES string of the molecule is CC/C=C/C1CC=C(c2cc(F)c(CF)c(F)c2)OC1. The minimum absolute atomic E-state index is 0.290. The highest BCUT2D eigenvalue weighted by atomic mass is 19.1. The molecule has 1 aromatic carbocycles. The summed E-state index contributed by atoms with van der Waals surface area (Å²) in [6, 6.07) is 2.23. The first-order valence-electron chi connectivity index (χ1n) is 6.69. The lowest BCUT2D eigenvalue weighted by Crippen LogP contribution is -2.12. The van der Waals surface area contributed by atoms with Crippen LogP contribution in [0.1, 0.15) is 30.9 Å². The summed E-state index contributed by atoms with van der Waals surface area (Å²) in [6.45, 7) is 1.39. The summed E-state index contributed by atoms with van der Waals surface area (Å²) in [7, 11) is 0. The van der Waals surface area contributed by atoms with Crippen LogP contribution in [0.25, 0.3) is 5.76 Å². The Morgan fingerprint density at radius 2 is 2.00 bits per heavy atom. The zero-order valence-corrected chi connectivity index (χ0v) is 11.3. The molecule has 0 N–H and O–H groups in total. The van der Waals surface area contributed by atoms with Crippen molar-refractivity contribution < 1.29 is 17.9 Å². The van der Waals surface area contributed by atoms with Gasteiger partial charge in [0.15, 0.2) is 0 Å². The van der Waals surface area contributed by atoms with Crippen LogP contribution in [0.2, 0.25) is 0 Å². The Morgan fingerprint density at radius 1 is 1.30 bits per heavy atom. The molecule has 0 saturated carbocycles. The Labute approximate surface area is 116 Å². The van der Waals surface area contributed by atoms with Gasteiger partial charge in [-0.05, 0) is 31.1 Å². The average molecular weight is 282 g/mol. The Balaban J connectivity index is 2.17. The molecule has 108 valence electrons. The van der Waals surface area contributed by atoms with E-state index in [0.717, 1.165) is 25.0 Å². The molecule has 0 amide bonds. The number of ether oxygens (including phenoxy) is 1. The number of benzene rings is 1. The Hall–Kier alpha value is -1.71. The Kier molecular flexibility index (Phi) is 4.88. The second-order valence-corrected chi connectivity index (χ2v) is 4.76. The Bertz CT molecular complexity index is 512. The topological polar surface area (TPSA) is 9.23 Å². The molecule has 0 aliphatic carbocycles. The molecule has 0 radical (unpaired) electrons. The second-order valence-electron chi connectivity index (χ2n) is 4.76. The van der Waals surface area contributed by atoms with Crippen LogP contribution in [-0.2, 0) is 11.4 Å². The van der Waals surface area contributed by atoms with E-state index >= 15 is 0 Å². The highest BCUT2D eigenvalue weighted by Gasteiger charge is 2.18. The van der Waals surface area contributed by atoms with Crippen molar-refractivity contribution in [1.82, 2.24) is 0 Å². The smallest absolute Gasteiger partial charge is 0.132 e. The number of hydrogen-bond acceptors (Lipinski definition) is 1. The summed E-state index contributed by atoms with van der Waals surface area (Å²) >= 11 is 0. The molecule has 0 spiro atoms. The van der Waals surface area contributed by atoms with E-state index in [1.165, 1.54) is 0 Å². The number of alkyl halides is 1. The van der Waals surface area contributed by atoms with Crippen LogP contribution in [0.5, 0.6) is 0 Å². The minimum atomic E-state index is -1.15. The fourth-order valence-corrected chi connectivity index (χ4v) is 2.12. The lowest BCUT2D eigenvalue weighted by atomic mass is 10.0. The predicted octanol–water partition coefficient (Wildman–Crippen LogP) is 4.78. The van der Waals surface area contributed by atoms with E-state index in [2.05, 4.69) is 19.1 Å². The van der Waals surface area contributed by atoms with E-state index in [4.69, 9.17) is 4.74 Å². The molecule has 1 heterocycles. The fourth-order valence-electron chi connectivity index (χ4n) is 2.12. The van der Waals surface area contributed by atoms with Crippen LogP contribution in [0.4, 0.5) is 13.2 Å². The molecule has 1 aliphatic rings. The van der Waals surface area contributed by atoms with E-state index in [-0.39, 0.29) is 0 Å². The number of hydrogen-bond donors (Lipinski definition) is 0. The quantitative estimate of drug-likeness (QED) is 0.722. The summed E-state index contributed by atoms with van der Waals surface area (Å²) in [5.41, 5.74) is -0.218. The van der Waals surface area contributed by atoms with Gasteiger partial charge < -0.3 is 4.74 Å². The maximum Gasteiger partial charge on any atom is 0.132 e. The van der Waals surface area contributed by atoms with Crippen molar-refractivity contribution in [3.05, 3.63) is 53.1 Å². The first-order chi connectivity index (χ1) is 9.65. The number of halogens is 3. The van der Waals surface area contributed by atoms with Gasteiger partial charge in [0.25, 0.3) is 0 Å². The maximum absolute atomic E-state index is 13.5. The first kappa shape index (κ1) is 14.7. The van der Waals surface area contributed by atoms with Crippen LogP contribution < -0.4 is 0 Å². The Morgan fingerprint density at radius 3 is 2.50 bits per heavy atom. The van der Waals surface area contributed by atoms with Gasteiger partial charge in [0, 0.05) is 11.5 Å². The van der Waals surface area contributed by atoms with Crippen LogP contribution >= 0.6 is 0 Å². The lowest BCUT2D eigenvalue weighted by molar-refractivity contribution is 0.224. The molecular formula is C16H17F3O. The third-order valence-corrected chi connectivity index (χ3v) is 3.26. The third kappa shape index (κ3) is 3.24. The molecule has 1 aromatic rings. The zero-order valence-electron chi connectivity index (χ0n) is 11.3. The van der Waals surface area contributed by atoms with Crippen molar-refractivity contribution in [2.24, 2.45) is 5.92 Å². The number of allylic oxidation sites excluding steroid dienone is 2. The van der Waals surface area contributed by atoms with E-state index in [0.29, 0.717) is 23.8 Å². The fraction of sp³-hybridized carbons (Fsp3) is 0.375. The van der Waals surface area contributed by atoms with Gasteiger partial charge in [0.2, 0.25) is 0 Å². The molecule has 4 heteroatoms. The van der Waals surface area contributed by atoms with Crippen molar-refractivity contribution in [3.63, 3.8) is 0 Å².